The number of nitrogens with one attached hydrogen (secondary N) is 1. The Morgan fingerprint density at radius 1 is 0.878 bits per heavy atom. The fourth-order valence-corrected chi connectivity index (χ4v) is 5.06. The minimum atomic E-state index is -4.18. The average Bonchev–Trinajstić information content (AvgIpc) is 2.87. The van der Waals surface area contributed by atoms with Crippen molar-refractivity contribution in [2.75, 3.05) is 0 Å². The molecule has 0 spiro atoms. The molecule has 0 heterocycles. The van der Waals surface area contributed by atoms with Crippen LogP contribution >= 0.6 is 0 Å². The molecule has 0 unspecified atom stereocenters. The normalized spacial score (nSPS) is 12.8. The first kappa shape index (κ1) is 31.6. The summed E-state index contributed by atoms with van der Waals surface area (Å²) in [5.41, 5.74) is -0.137. The van der Waals surface area contributed by atoms with Gasteiger partial charge in [-0.15, -0.1) is 0 Å². The maximum atomic E-state index is 13.4. The third kappa shape index (κ3) is 9.88. The first-order valence-electron chi connectivity index (χ1n) is 13.2. The molecule has 1 atom stereocenters. The van der Waals surface area contributed by atoms with Crippen LogP contribution in [0.4, 0.5) is 0 Å². The van der Waals surface area contributed by atoms with Gasteiger partial charge in [-0.3, -0.25) is 9.59 Å². The van der Waals surface area contributed by atoms with Gasteiger partial charge in [0.1, 0.15) is 29.6 Å². The van der Waals surface area contributed by atoms with Crippen LogP contribution in [-0.4, -0.2) is 37.6 Å². The molecule has 41 heavy (non-hydrogen) atoms. The molecule has 0 fully saturated rings. The van der Waals surface area contributed by atoms with E-state index in [0.29, 0.717) is 16.7 Å². The molecule has 10 heteroatoms. The zero-order valence-corrected chi connectivity index (χ0v) is 25.0. The SMILES string of the molecule is CC(C)(C)OC(=O)CC[C@@H](NS(=O)(=O)c1ccc2ccc(OCc3ccc(C#N)cc3)cc2c1)C(=O)OC(C)(C)C. The number of rotatable bonds is 10. The van der Waals surface area contributed by atoms with Crippen molar-refractivity contribution < 1.29 is 32.2 Å². The van der Waals surface area contributed by atoms with E-state index in [1.807, 2.05) is 6.07 Å². The molecule has 3 rings (SSSR count). The molecule has 0 saturated carbocycles. The van der Waals surface area contributed by atoms with E-state index in [-0.39, 0.29) is 24.3 Å². The zero-order chi connectivity index (χ0) is 30.4. The summed E-state index contributed by atoms with van der Waals surface area (Å²) in [6, 6.07) is 17.7. The van der Waals surface area contributed by atoms with Crippen LogP contribution in [0.15, 0.2) is 65.6 Å². The predicted molar refractivity (Wildman–Crippen MR) is 154 cm³/mol. The fourth-order valence-electron chi connectivity index (χ4n) is 3.81. The summed E-state index contributed by atoms with van der Waals surface area (Å²) in [5, 5.41) is 10.4. The molecule has 0 radical (unpaired) electrons. The van der Waals surface area contributed by atoms with Crippen molar-refractivity contribution in [3.8, 4) is 11.8 Å². The maximum Gasteiger partial charge on any atom is 0.324 e. The number of nitrogens with zero attached hydrogens (tertiary/aromatic N) is 1. The van der Waals surface area contributed by atoms with Gasteiger partial charge >= 0.3 is 11.9 Å². The molecule has 0 amide bonds. The van der Waals surface area contributed by atoms with Gasteiger partial charge in [-0.1, -0.05) is 24.3 Å². The first-order valence-corrected chi connectivity index (χ1v) is 14.7. The molecule has 0 aromatic heterocycles. The minimum absolute atomic E-state index is 0.0555. The lowest BCUT2D eigenvalue weighted by atomic mass is 10.1. The van der Waals surface area contributed by atoms with Gasteiger partial charge < -0.3 is 14.2 Å². The Hall–Kier alpha value is -3.94. The van der Waals surface area contributed by atoms with Crippen molar-refractivity contribution in [1.82, 2.24) is 4.72 Å². The van der Waals surface area contributed by atoms with E-state index >= 15 is 0 Å². The average molecular weight is 581 g/mol. The van der Waals surface area contributed by atoms with E-state index in [1.165, 1.54) is 12.1 Å². The maximum absolute atomic E-state index is 13.4. The Morgan fingerprint density at radius 2 is 1.51 bits per heavy atom. The van der Waals surface area contributed by atoms with Crippen LogP contribution in [-0.2, 0) is 35.7 Å². The molecule has 0 aliphatic carbocycles. The van der Waals surface area contributed by atoms with Gasteiger partial charge in [0.15, 0.2) is 0 Å². The summed E-state index contributed by atoms with van der Waals surface area (Å²) in [7, 11) is -4.18. The second-order valence-corrected chi connectivity index (χ2v) is 13.3. The van der Waals surface area contributed by atoms with E-state index in [1.54, 1.807) is 84.0 Å². The summed E-state index contributed by atoms with van der Waals surface area (Å²) in [5.74, 6) is -0.804. The fraction of sp³-hybridized carbons (Fsp3) is 0.387. The second kappa shape index (κ2) is 12.7. The van der Waals surface area contributed by atoms with Crippen LogP contribution in [0.25, 0.3) is 10.8 Å². The van der Waals surface area contributed by atoms with Gasteiger partial charge in [-0.05, 0) is 101 Å². The Bertz CT molecular complexity index is 1540. The van der Waals surface area contributed by atoms with Gasteiger partial charge in [-0.2, -0.15) is 9.98 Å². The van der Waals surface area contributed by atoms with Crippen molar-refractivity contribution in [2.45, 2.75) is 83.1 Å². The van der Waals surface area contributed by atoms with E-state index in [9.17, 15) is 18.0 Å². The smallest absolute Gasteiger partial charge is 0.324 e. The molecule has 0 saturated heterocycles. The van der Waals surface area contributed by atoms with Crippen LogP contribution in [0.3, 0.4) is 0 Å². The largest absolute Gasteiger partial charge is 0.489 e. The highest BCUT2D eigenvalue weighted by atomic mass is 32.2. The number of nitriles is 1. The van der Waals surface area contributed by atoms with Crippen molar-refractivity contribution >= 4 is 32.7 Å². The summed E-state index contributed by atoms with van der Waals surface area (Å²) in [6.45, 7) is 10.5. The number of ether oxygens (including phenoxy) is 3. The van der Waals surface area contributed by atoms with Crippen molar-refractivity contribution in [3.63, 3.8) is 0 Å². The Kier molecular flexibility index (Phi) is 9.79. The van der Waals surface area contributed by atoms with Gasteiger partial charge in [0.25, 0.3) is 0 Å². The quantitative estimate of drug-likeness (QED) is 0.315. The monoisotopic (exact) mass is 580 g/mol. The topological polar surface area (TPSA) is 132 Å². The third-order valence-electron chi connectivity index (χ3n) is 5.63. The molecular weight excluding hydrogens is 544 g/mol. The number of sulfonamides is 1. The van der Waals surface area contributed by atoms with Gasteiger partial charge in [0.05, 0.1) is 16.5 Å². The Balaban J connectivity index is 1.80. The van der Waals surface area contributed by atoms with Crippen LogP contribution in [0.2, 0.25) is 0 Å². The molecule has 1 N–H and O–H groups in total. The third-order valence-corrected chi connectivity index (χ3v) is 7.10. The predicted octanol–water partition coefficient (Wildman–Crippen LogP) is 5.40. The highest BCUT2D eigenvalue weighted by molar-refractivity contribution is 7.89. The number of carbonyl (C=O) groups is 2. The summed E-state index contributed by atoms with van der Waals surface area (Å²) >= 11 is 0. The second-order valence-electron chi connectivity index (χ2n) is 11.6. The number of fused-ring (bicyclic) bond motifs is 1. The number of hydrogen-bond acceptors (Lipinski definition) is 8. The van der Waals surface area contributed by atoms with E-state index < -0.39 is 39.2 Å². The lowest BCUT2D eigenvalue weighted by Gasteiger charge is -2.25. The highest BCUT2D eigenvalue weighted by Crippen LogP contribution is 2.25. The molecular formula is C31H36N2O7S. The van der Waals surface area contributed by atoms with Crippen LogP contribution in [0.5, 0.6) is 5.75 Å². The number of esters is 2. The lowest BCUT2D eigenvalue weighted by molar-refractivity contribution is -0.158. The molecule has 218 valence electrons. The summed E-state index contributed by atoms with van der Waals surface area (Å²) in [6.07, 6.45) is -0.314. The van der Waals surface area contributed by atoms with Crippen LogP contribution in [0.1, 0.15) is 65.5 Å². The summed E-state index contributed by atoms with van der Waals surface area (Å²) in [4.78, 5) is 25.1. The standard InChI is InChI=1S/C31H36N2O7S/c1-30(2,3)39-28(34)16-15-27(29(35)40-31(4,5)6)33-41(36,37)26-14-12-23-11-13-25(17-24(23)18-26)38-20-22-9-7-21(19-32)8-10-22/h7-14,17-18,27,33H,15-16,20H2,1-6H3/t27-/m1/s1. The van der Waals surface area contributed by atoms with E-state index in [0.717, 1.165) is 10.9 Å². The Labute approximate surface area is 241 Å². The number of carbonyl (C=O) groups excluding carboxylic acids is 2. The minimum Gasteiger partial charge on any atom is -0.489 e. The zero-order valence-electron chi connectivity index (χ0n) is 24.2. The van der Waals surface area contributed by atoms with Crippen molar-refractivity contribution in [3.05, 3.63) is 71.8 Å². The number of benzene rings is 3. The molecule has 0 bridgehead atoms. The molecule has 3 aromatic rings. The van der Waals surface area contributed by atoms with Crippen molar-refractivity contribution in [2.24, 2.45) is 0 Å². The lowest BCUT2D eigenvalue weighted by Crippen LogP contribution is -2.44. The van der Waals surface area contributed by atoms with E-state index in [4.69, 9.17) is 19.5 Å². The van der Waals surface area contributed by atoms with Crippen molar-refractivity contribution in [1.29, 1.82) is 5.26 Å². The van der Waals surface area contributed by atoms with Gasteiger partial charge in [0, 0.05) is 6.42 Å². The van der Waals surface area contributed by atoms with Crippen LogP contribution < -0.4 is 9.46 Å². The van der Waals surface area contributed by atoms with E-state index in [2.05, 4.69) is 10.8 Å². The first-order chi connectivity index (χ1) is 19.0. The van der Waals surface area contributed by atoms with Gasteiger partial charge in [-0.25, -0.2) is 8.42 Å². The Morgan fingerprint density at radius 3 is 2.12 bits per heavy atom. The highest BCUT2D eigenvalue weighted by Gasteiger charge is 2.31. The van der Waals surface area contributed by atoms with Crippen LogP contribution in [0, 0.1) is 11.3 Å². The molecule has 0 aliphatic heterocycles. The molecule has 9 nitrogen and oxygen atoms in total. The van der Waals surface area contributed by atoms with Gasteiger partial charge in [0.2, 0.25) is 10.0 Å². The molecule has 0 aliphatic rings. The molecule has 3 aromatic carbocycles. The summed E-state index contributed by atoms with van der Waals surface area (Å²) < 4.78 is 45.8. The number of hydrogen-bond donors (Lipinski definition) is 1.